The molecule has 5 nitrogen and oxygen atoms in total. The molecule has 3 N–H and O–H groups in total. The summed E-state index contributed by atoms with van der Waals surface area (Å²) in [6, 6.07) is 0. The van der Waals surface area contributed by atoms with Gasteiger partial charge in [0.25, 0.3) is 0 Å². The van der Waals surface area contributed by atoms with Crippen LogP contribution in [0.25, 0.3) is 0 Å². The Labute approximate surface area is 71.8 Å². The molecule has 0 aromatic rings. The summed E-state index contributed by atoms with van der Waals surface area (Å²) in [5.74, 6) is 0. The van der Waals surface area contributed by atoms with E-state index in [1.165, 1.54) is 0 Å². The van der Waals surface area contributed by atoms with Crippen LogP contribution in [0.15, 0.2) is 0 Å². The number of hydrogen-bond donors (Lipinski definition) is 3. The molecule has 0 spiro atoms. The molecule has 0 aliphatic carbocycles. The summed E-state index contributed by atoms with van der Waals surface area (Å²) >= 11 is 0.300. The Morgan fingerprint density at radius 1 is 1.12 bits per heavy atom. The molecule has 0 aromatic heterocycles. The van der Waals surface area contributed by atoms with Crippen LogP contribution in [-0.4, -0.2) is 32.0 Å². The summed E-state index contributed by atoms with van der Waals surface area (Å²) in [4.78, 5) is 21.6. The van der Waals surface area contributed by atoms with Crippen LogP contribution in [0.1, 0.15) is 0 Å². The fourth-order valence-corrected chi connectivity index (χ4v) is 0. The Balaban J connectivity index is -0.0000000750. The average Bonchev–Trinajstić information content (AvgIpc) is 1.36. The first kappa shape index (κ1) is 16.2. The van der Waals surface area contributed by atoms with Crippen molar-refractivity contribution in [3.8, 4) is 0 Å². The van der Waals surface area contributed by atoms with Crippen molar-refractivity contribution in [1.82, 2.24) is 0 Å². The van der Waals surface area contributed by atoms with Gasteiger partial charge in [0, 0.05) is 0 Å². The van der Waals surface area contributed by atoms with Crippen LogP contribution in [0.3, 0.4) is 0 Å². The van der Waals surface area contributed by atoms with E-state index < -0.39 is 7.82 Å². The molecule has 0 atom stereocenters. The summed E-state index contributed by atoms with van der Waals surface area (Å²) < 4.78 is 17.2. The van der Waals surface area contributed by atoms with Gasteiger partial charge in [0.1, 0.15) is 0 Å². The van der Waals surface area contributed by atoms with E-state index in [0.29, 0.717) is 24.7 Å². The zero-order chi connectivity index (χ0) is 6.50. The van der Waals surface area contributed by atoms with Crippen molar-refractivity contribution in [3.05, 3.63) is 0 Å². The van der Waals surface area contributed by atoms with Crippen LogP contribution >= 0.6 is 7.82 Å². The second kappa shape index (κ2) is 8.33. The molecule has 0 amide bonds. The molecule has 8 heavy (non-hydrogen) atoms. The molecule has 0 aromatic carbocycles. The quantitative estimate of drug-likeness (QED) is 0.326. The molecule has 0 rings (SSSR count). The minimum atomic E-state index is -4.64. The topological polar surface area (TPSA) is 94.8 Å². The van der Waals surface area contributed by atoms with E-state index in [1.807, 2.05) is 0 Å². The third-order valence-electron chi connectivity index (χ3n) is 0. The molecule has 8 heteroatoms. The van der Waals surface area contributed by atoms with Crippen molar-refractivity contribution in [3.63, 3.8) is 0 Å². The standard InChI is InChI=1S/Al.H3O4P.O.Zr.3H/c;1-5(2,3)4;;;;;/h;(H3,1,2,3,4);;;;;. The SMILES string of the molecule is O=P(O)(O)O.[AlH3].[O]=[Zr]. The van der Waals surface area contributed by atoms with Gasteiger partial charge in [-0.25, -0.2) is 4.57 Å². The number of hydrogen-bond acceptors (Lipinski definition) is 2. The predicted octanol–water partition coefficient (Wildman–Crippen LogP) is -2.23. The maximum atomic E-state index is 8.88. The van der Waals surface area contributed by atoms with Gasteiger partial charge >= 0.3 is 35.4 Å². The Morgan fingerprint density at radius 2 is 1.12 bits per heavy atom. The van der Waals surface area contributed by atoms with E-state index in [2.05, 4.69) is 0 Å². The van der Waals surface area contributed by atoms with Crippen molar-refractivity contribution < 1.29 is 46.8 Å². The van der Waals surface area contributed by atoms with Crippen LogP contribution in [0, 0.1) is 0 Å². The second-order valence-corrected chi connectivity index (χ2v) is 1.54. The summed E-state index contributed by atoms with van der Waals surface area (Å²) in [6.07, 6.45) is 0. The zero-order valence-electron chi connectivity index (χ0n) is 3.11. The van der Waals surface area contributed by atoms with Crippen molar-refractivity contribution in [2.75, 3.05) is 0 Å². The first-order valence-electron chi connectivity index (χ1n) is 0.987. The van der Waals surface area contributed by atoms with Gasteiger partial charge < -0.3 is 14.7 Å². The number of rotatable bonds is 0. The molecular formula is H6AlO5PZr. The van der Waals surface area contributed by atoms with Gasteiger partial charge in [0.05, 0.1) is 0 Å². The van der Waals surface area contributed by atoms with E-state index >= 15 is 0 Å². The minimum absolute atomic E-state index is 0. The van der Waals surface area contributed by atoms with Crippen LogP contribution in [0.4, 0.5) is 0 Å². The maximum absolute atomic E-state index is 8.88. The van der Waals surface area contributed by atoms with Crippen LogP contribution in [-0.2, 0) is 32.1 Å². The Kier molecular flexibility index (Phi) is 16.8. The zero-order valence-corrected chi connectivity index (χ0v) is 6.46. The van der Waals surface area contributed by atoms with Gasteiger partial charge in [0.15, 0.2) is 17.4 Å². The van der Waals surface area contributed by atoms with Gasteiger partial charge in [0.2, 0.25) is 0 Å². The predicted molar refractivity (Wildman–Crippen MR) is 24.9 cm³/mol. The van der Waals surface area contributed by atoms with Crippen LogP contribution in [0.5, 0.6) is 0 Å². The van der Waals surface area contributed by atoms with Crippen LogP contribution < -0.4 is 0 Å². The van der Waals surface area contributed by atoms with Gasteiger partial charge in [-0.1, -0.05) is 0 Å². The Bertz CT molecular complexity index is 68.2. The van der Waals surface area contributed by atoms with E-state index in [4.69, 9.17) is 22.1 Å². The van der Waals surface area contributed by atoms with E-state index in [9.17, 15) is 0 Å². The Morgan fingerprint density at radius 3 is 1.12 bits per heavy atom. The van der Waals surface area contributed by atoms with Gasteiger partial charge in [-0.2, -0.15) is 0 Å². The molecule has 48 valence electrons. The second-order valence-electron chi connectivity index (χ2n) is 0.513. The fourth-order valence-electron chi connectivity index (χ4n) is 0. The van der Waals surface area contributed by atoms with Gasteiger partial charge in [-0.3, -0.25) is 0 Å². The molecule has 0 bridgehead atoms. The van der Waals surface area contributed by atoms with E-state index in [-0.39, 0.29) is 17.4 Å². The fraction of sp³-hybridized carbons (Fsp3) is 0. The Hall–Kier alpha value is 1.33. The first-order valence-corrected chi connectivity index (χ1v) is 3.56. The van der Waals surface area contributed by atoms with Crippen molar-refractivity contribution in [2.45, 2.75) is 0 Å². The molecule has 0 saturated carbocycles. The van der Waals surface area contributed by atoms with Crippen molar-refractivity contribution in [2.24, 2.45) is 0 Å². The molecule has 0 unspecified atom stereocenters. The van der Waals surface area contributed by atoms with Crippen molar-refractivity contribution >= 4 is 25.2 Å². The molecule has 0 aliphatic rings. The summed E-state index contributed by atoms with van der Waals surface area (Å²) in [5.41, 5.74) is 0. The molecule has 0 saturated heterocycles. The van der Waals surface area contributed by atoms with E-state index in [1.54, 1.807) is 0 Å². The molecule has 0 aliphatic heterocycles. The van der Waals surface area contributed by atoms with Crippen molar-refractivity contribution in [1.29, 1.82) is 0 Å². The molecule has 0 fully saturated rings. The first-order chi connectivity index (χ1) is 3.00. The monoisotopic (exact) mass is 234 g/mol. The molecular weight excluding hydrogens is 229 g/mol. The summed E-state index contributed by atoms with van der Waals surface area (Å²) in [7, 11) is -4.64. The summed E-state index contributed by atoms with van der Waals surface area (Å²) in [5, 5.41) is 0. The third kappa shape index (κ3) is 167. The molecule has 0 radical (unpaired) electrons. The van der Waals surface area contributed by atoms with Gasteiger partial charge in [-0.15, -0.1) is 0 Å². The normalized spacial score (nSPS) is 7.75. The van der Waals surface area contributed by atoms with Crippen LogP contribution in [0.2, 0.25) is 0 Å². The average molecular weight is 235 g/mol. The van der Waals surface area contributed by atoms with E-state index in [0.717, 1.165) is 0 Å². The van der Waals surface area contributed by atoms with Gasteiger partial charge in [-0.05, 0) is 0 Å². The number of phosphoric acid groups is 1. The molecule has 0 heterocycles. The summed E-state index contributed by atoms with van der Waals surface area (Å²) in [6.45, 7) is 0. The third-order valence-corrected chi connectivity index (χ3v) is 0.